The van der Waals surface area contributed by atoms with Gasteiger partial charge < -0.3 is 9.84 Å². The van der Waals surface area contributed by atoms with Crippen LogP contribution < -0.4 is 0 Å². The van der Waals surface area contributed by atoms with Crippen molar-refractivity contribution in [1.29, 1.82) is 0 Å². The van der Waals surface area contributed by atoms with Crippen LogP contribution in [0.15, 0.2) is 0 Å². The number of hydrogen-bond donors (Lipinski definition) is 1. The average molecular weight is 186 g/mol. The predicted octanol–water partition coefficient (Wildman–Crippen LogP) is 2.05. The summed E-state index contributed by atoms with van der Waals surface area (Å²) >= 11 is 0. The van der Waals surface area contributed by atoms with Gasteiger partial charge in [-0.1, -0.05) is 0 Å². The Hall–Kier alpha value is -0.570. The van der Waals surface area contributed by atoms with E-state index < -0.39 is 5.97 Å². The van der Waals surface area contributed by atoms with Gasteiger partial charge in [-0.3, -0.25) is 4.79 Å². The van der Waals surface area contributed by atoms with Crippen molar-refractivity contribution in [2.45, 2.75) is 51.7 Å². The summed E-state index contributed by atoms with van der Waals surface area (Å²) in [6, 6.07) is 0. The summed E-state index contributed by atoms with van der Waals surface area (Å²) in [6.07, 6.45) is 2.39. The maximum Gasteiger partial charge on any atom is 0.303 e. The van der Waals surface area contributed by atoms with E-state index in [0.29, 0.717) is 12.3 Å². The van der Waals surface area contributed by atoms with Gasteiger partial charge in [0.25, 0.3) is 0 Å². The van der Waals surface area contributed by atoms with Gasteiger partial charge in [-0.15, -0.1) is 0 Å². The van der Waals surface area contributed by atoms with Crippen molar-refractivity contribution in [3.05, 3.63) is 0 Å². The molecular formula is C10H18O3. The molecule has 0 aromatic rings. The molecule has 3 heteroatoms. The molecule has 0 atom stereocenters. The third-order valence-electron chi connectivity index (χ3n) is 2.18. The SMILES string of the molecule is CC(C)(C)OC1CC(CC(=O)O)C1. The molecule has 0 amide bonds. The molecule has 1 fully saturated rings. The molecule has 0 aromatic heterocycles. The first kappa shape index (κ1) is 10.5. The van der Waals surface area contributed by atoms with Gasteiger partial charge in [-0.05, 0) is 39.5 Å². The lowest BCUT2D eigenvalue weighted by Gasteiger charge is -2.38. The molecule has 0 saturated heterocycles. The monoisotopic (exact) mass is 186 g/mol. The van der Waals surface area contributed by atoms with Crippen LogP contribution >= 0.6 is 0 Å². The molecular weight excluding hydrogens is 168 g/mol. The fourth-order valence-electron chi connectivity index (χ4n) is 1.68. The second-order valence-electron chi connectivity index (χ2n) is 4.79. The number of rotatable bonds is 3. The zero-order chi connectivity index (χ0) is 10.1. The highest BCUT2D eigenvalue weighted by atomic mass is 16.5. The van der Waals surface area contributed by atoms with Crippen LogP contribution in [0.3, 0.4) is 0 Å². The van der Waals surface area contributed by atoms with Gasteiger partial charge in [-0.2, -0.15) is 0 Å². The molecule has 1 N–H and O–H groups in total. The Morgan fingerprint density at radius 3 is 2.38 bits per heavy atom. The number of carbonyl (C=O) groups is 1. The molecule has 1 aliphatic rings. The van der Waals surface area contributed by atoms with Crippen molar-refractivity contribution in [1.82, 2.24) is 0 Å². The Labute approximate surface area is 79.1 Å². The third kappa shape index (κ3) is 3.77. The highest BCUT2D eigenvalue weighted by Crippen LogP contribution is 2.34. The van der Waals surface area contributed by atoms with Crippen LogP contribution in [0.4, 0.5) is 0 Å². The van der Waals surface area contributed by atoms with E-state index in [1.165, 1.54) is 0 Å². The van der Waals surface area contributed by atoms with E-state index in [4.69, 9.17) is 9.84 Å². The van der Waals surface area contributed by atoms with Crippen LogP contribution in [-0.2, 0) is 9.53 Å². The van der Waals surface area contributed by atoms with Crippen LogP contribution in [0.25, 0.3) is 0 Å². The first-order valence-electron chi connectivity index (χ1n) is 4.76. The minimum atomic E-state index is -0.695. The van der Waals surface area contributed by atoms with E-state index in [2.05, 4.69) is 0 Å². The van der Waals surface area contributed by atoms with E-state index >= 15 is 0 Å². The maximum atomic E-state index is 10.4. The van der Waals surface area contributed by atoms with Crippen molar-refractivity contribution in [3.8, 4) is 0 Å². The molecule has 3 nitrogen and oxygen atoms in total. The van der Waals surface area contributed by atoms with Crippen molar-refractivity contribution in [3.63, 3.8) is 0 Å². The zero-order valence-corrected chi connectivity index (χ0v) is 8.54. The molecule has 0 radical (unpaired) electrons. The van der Waals surface area contributed by atoms with Gasteiger partial charge in [0.15, 0.2) is 0 Å². The maximum absolute atomic E-state index is 10.4. The summed E-state index contributed by atoms with van der Waals surface area (Å²) in [4.78, 5) is 10.4. The van der Waals surface area contributed by atoms with E-state index in [1.54, 1.807) is 0 Å². The van der Waals surface area contributed by atoms with Crippen LogP contribution in [0.1, 0.15) is 40.0 Å². The second kappa shape index (κ2) is 3.66. The smallest absolute Gasteiger partial charge is 0.303 e. The minimum absolute atomic E-state index is 0.0984. The summed E-state index contributed by atoms with van der Waals surface area (Å²) in [5, 5.41) is 8.53. The van der Waals surface area contributed by atoms with Gasteiger partial charge in [0.1, 0.15) is 0 Å². The third-order valence-corrected chi connectivity index (χ3v) is 2.18. The first-order chi connectivity index (χ1) is 5.87. The van der Waals surface area contributed by atoms with Crippen LogP contribution in [0, 0.1) is 5.92 Å². The van der Waals surface area contributed by atoms with Crippen molar-refractivity contribution in [2.75, 3.05) is 0 Å². The minimum Gasteiger partial charge on any atom is -0.481 e. The molecule has 1 aliphatic carbocycles. The molecule has 0 aromatic carbocycles. The zero-order valence-electron chi connectivity index (χ0n) is 8.54. The van der Waals surface area contributed by atoms with Crippen LogP contribution in [0.2, 0.25) is 0 Å². The number of carboxylic acid groups (broad SMARTS) is 1. The van der Waals surface area contributed by atoms with Crippen LogP contribution in [0.5, 0.6) is 0 Å². The van der Waals surface area contributed by atoms with Crippen molar-refractivity contribution < 1.29 is 14.6 Å². The van der Waals surface area contributed by atoms with Gasteiger partial charge in [0.2, 0.25) is 0 Å². The fourth-order valence-corrected chi connectivity index (χ4v) is 1.68. The van der Waals surface area contributed by atoms with Gasteiger partial charge in [-0.25, -0.2) is 0 Å². The molecule has 1 saturated carbocycles. The second-order valence-corrected chi connectivity index (χ2v) is 4.79. The van der Waals surface area contributed by atoms with Crippen molar-refractivity contribution in [2.24, 2.45) is 5.92 Å². The summed E-state index contributed by atoms with van der Waals surface area (Å²) in [7, 11) is 0. The Morgan fingerprint density at radius 2 is 2.00 bits per heavy atom. The van der Waals surface area contributed by atoms with Crippen molar-refractivity contribution >= 4 is 5.97 Å². The fraction of sp³-hybridized carbons (Fsp3) is 0.900. The average Bonchev–Trinajstić information content (AvgIpc) is 1.78. The highest BCUT2D eigenvalue weighted by Gasteiger charge is 2.33. The summed E-state index contributed by atoms with van der Waals surface area (Å²) < 4.78 is 5.69. The van der Waals surface area contributed by atoms with Crippen LogP contribution in [-0.4, -0.2) is 22.8 Å². The van der Waals surface area contributed by atoms with E-state index in [0.717, 1.165) is 12.8 Å². The van der Waals surface area contributed by atoms with E-state index in [9.17, 15) is 4.79 Å². The Morgan fingerprint density at radius 1 is 1.46 bits per heavy atom. The normalized spacial score (nSPS) is 28.2. The molecule has 13 heavy (non-hydrogen) atoms. The molecule has 0 bridgehead atoms. The Balaban J connectivity index is 2.15. The molecule has 0 aliphatic heterocycles. The molecule has 0 heterocycles. The topological polar surface area (TPSA) is 46.5 Å². The van der Waals surface area contributed by atoms with E-state index in [-0.39, 0.29) is 11.7 Å². The first-order valence-corrected chi connectivity index (χ1v) is 4.76. The van der Waals surface area contributed by atoms with Gasteiger partial charge >= 0.3 is 5.97 Å². The molecule has 0 spiro atoms. The number of aliphatic carboxylic acids is 1. The summed E-state index contributed by atoms with van der Waals surface area (Å²) in [5.41, 5.74) is -0.0984. The lowest BCUT2D eigenvalue weighted by molar-refractivity contribution is -0.144. The molecule has 1 rings (SSSR count). The summed E-state index contributed by atoms with van der Waals surface area (Å²) in [5.74, 6) is -0.357. The largest absolute Gasteiger partial charge is 0.481 e. The van der Waals surface area contributed by atoms with Gasteiger partial charge in [0.05, 0.1) is 11.7 Å². The Bertz CT molecular complexity index is 187. The molecule has 76 valence electrons. The lowest BCUT2D eigenvalue weighted by Crippen LogP contribution is -2.38. The van der Waals surface area contributed by atoms with Gasteiger partial charge in [0, 0.05) is 6.42 Å². The van der Waals surface area contributed by atoms with E-state index in [1.807, 2.05) is 20.8 Å². The quantitative estimate of drug-likeness (QED) is 0.733. The predicted molar refractivity (Wildman–Crippen MR) is 49.6 cm³/mol. The number of hydrogen-bond acceptors (Lipinski definition) is 2. The number of ether oxygens (including phenoxy) is 1. The molecule has 0 unspecified atom stereocenters. The summed E-state index contributed by atoms with van der Waals surface area (Å²) in [6.45, 7) is 6.08. The lowest BCUT2D eigenvalue weighted by atomic mass is 9.80. The standard InChI is InChI=1S/C10H18O3/c1-10(2,3)13-8-4-7(5-8)6-9(11)12/h7-8H,4-6H2,1-3H3,(H,11,12). The highest BCUT2D eigenvalue weighted by molar-refractivity contribution is 5.67. The Kier molecular flexibility index (Phi) is 2.96. The number of carboxylic acids is 1.